The first-order valence-electron chi connectivity index (χ1n) is 12.9. The Labute approximate surface area is 225 Å². The summed E-state index contributed by atoms with van der Waals surface area (Å²) < 4.78 is 23.9. The molecule has 0 unspecified atom stereocenters. The van der Waals surface area contributed by atoms with E-state index in [0.29, 0.717) is 38.3 Å². The molecule has 3 heterocycles. The maximum absolute atomic E-state index is 13.5. The topological polar surface area (TPSA) is 80.7 Å². The van der Waals surface area contributed by atoms with E-state index in [2.05, 4.69) is 39.0 Å². The first-order valence-corrected chi connectivity index (χ1v) is 13.6. The van der Waals surface area contributed by atoms with Crippen LogP contribution in [0.1, 0.15) is 36.3 Å². The molecule has 8 nitrogen and oxygen atoms in total. The second-order valence-electron chi connectivity index (χ2n) is 9.53. The standard InChI is InChI=1S/C28H33BrN2O6/c29-23-6-4-21(5-7-23)22-16-26(37-27(17-22)34-14-2-1-13-32)28(33)31-11-9-30(10-12-31)18-20-3-8-24-25(15-20)36-19-35-24/h3-8,15-16,22,27,32H,1-2,9-14,17-19H2/t22-,27+/m0/s1. The van der Waals surface area contributed by atoms with Crippen LogP contribution in [0.25, 0.3) is 0 Å². The molecule has 0 aliphatic carbocycles. The predicted octanol–water partition coefficient (Wildman–Crippen LogP) is 4.03. The zero-order valence-electron chi connectivity index (χ0n) is 20.8. The molecule has 0 aromatic heterocycles. The summed E-state index contributed by atoms with van der Waals surface area (Å²) in [5.41, 5.74) is 2.29. The summed E-state index contributed by atoms with van der Waals surface area (Å²) in [4.78, 5) is 17.7. The fourth-order valence-corrected chi connectivity index (χ4v) is 5.11. The van der Waals surface area contributed by atoms with Gasteiger partial charge in [0.15, 0.2) is 17.3 Å². The van der Waals surface area contributed by atoms with Crippen molar-refractivity contribution in [3.8, 4) is 11.5 Å². The lowest BCUT2D eigenvalue weighted by molar-refractivity contribution is -0.154. The van der Waals surface area contributed by atoms with E-state index >= 15 is 0 Å². The Bertz CT molecular complexity index is 1100. The molecule has 0 saturated carbocycles. The fraction of sp³-hybridized carbons (Fsp3) is 0.464. The van der Waals surface area contributed by atoms with Crippen LogP contribution in [0, 0.1) is 0 Å². The number of piperazine rings is 1. The van der Waals surface area contributed by atoms with Gasteiger partial charge in [-0.2, -0.15) is 0 Å². The summed E-state index contributed by atoms with van der Waals surface area (Å²) in [6.07, 6.45) is 3.51. The average Bonchev–Trinajstić information content (AvgIpc) is 3.39. The predicted molar refractivity (Wildman–Crippen MR) is 141 cm³/mol. The highest BCUT2D eigenvalue weighted by Crippen LogP contribution is 2.34. The lowest BCUT2D eigenvalue weighted by Crippen LogP contribution is -2.49. The normalized spacial score (nSPS) is 21.5. The molecule has 0 bridgehead atoms. The second kappa shape index (κ2) is 12.3. The summed E-state index contributed by atoms with van der Waals surface area (Å²) in [6, 6.07) is 14.2. The molecule has 3 aliphatic heterocycles. The SMILES string of the molecule is O=C(C1=C[C@H](c2ccc(Br)cc2)C[C@H](OCCCCO)O1)N1CCN(Cc2ccc3c(c2)OCO3)CC1. The first kappa shape index (κ1) is 26.0. The van der Waals surface area contributed by atoms with Gasteiger partial charge < -0.3 is 29.0 Å². The third-order valence-corrected chi connectivity index (χ3v) is 7.45. The zero-order chi connectivity index (χ0) is 25.6. The largest absolute Gasteiger partial charge is 0.459 e. The van der Waals surface area contributed by atoms with E-state index in [0.717, 1.165) is 47.6 Å². The monoisotopic (exact) mass is 572 g/mol. The van der Waals surface area contributed by atoms with Crippen LogP contribution in [0.15, 0.2) is 58.8 Å². The van der Waals surface area contributed by atoms with Crippen molar-refractivity contribution in [3.05, 3.63) is 69.9 Å². The lowest BCUT2D eigenvalue weighted by atomic mass is 9.93. The number of rotatable bonds is 9. The molecular formula is C28H33BrN2O6. The van der Waals surface area contributed by atoms with Gasteiger partial charge in [0, 0.05) is 56.1 Å². The van der Waals surface area contributed by atoms with Crippen molar-refractivity contribution < 1.29 is 28.8 Å². The van der Waals surface area contributed by atoms with Crippen LogP contribution in [0.3, 0.4) is 0 Å². The number of allylic oxidation sites excluding steroid dienone is 1. The minimum Gasteiger partial charge on any atom is -0.459 e. The number of carbonyl (C=O) groups is 1. The van der Waals surface area contributed by atoms with Crippen LogP contribution >= 0.6 is 15.9 Å². The molecule has 37 heavy (non-hydrogen) atoms. The molecule has 9 heteroatoms. The minimum absolute atomic E-state index is 0.0240. The van der Waals surface area contributed by atoms with Gasteiger partial charge in [-0.15, -0.1) is 0 Å². The van der Waals surface area contributed by atoms with Crippen LogP contribution in [-0.2, 0) is 20.8 Å². The first-order chi connectivity index (χ1) is 18.1. The fourth-order valence-electron chi connectivity index (χ4n) is 4.84. The van der Waals surface area contributed by atoms with Crippen LogP contribution in [0.5, 0.6) is 11.5 Å². The number of amides is 1. The molecule has 2 atom stereocenters. The highest BCUT2D eigenvalue weighted by molar-refractivity contribution is 9.10. The summed E-state index contributed by atoms with van der Waals surface area (Å²) in [7, 11) is 0. The Morgan fingerprint density at radius 1 is 1.03 bits per heavy atom. The van der Waals surface area contributed by atoms with Crippen molar-refractivity contribution in [2.75, 3.05) is 46.2 Å². The van der Waals surface area contributed by atoms with Crippen molar-refractivity contribution in [2.24, 2.45) is 0 Å². The van der Waals surface area contributed by atoms with Crippen molar-refractivity contribution in [2.45, 2.75) is 38.0 Å². The van der Waals surface area contributed by atoms with Crippen LogP contribution < -0.4 is 9.47 Å². The van der Waals surface area contributed by atoms with E-state index < -0.39 is 6.29 Å². The number of nitrogens with zero attached hydrogens (tertiary/aromatic N) is 2. The number of hydrogen-bond acceptors (Lipinski definition) is 7. The number of fused-ring (bicyclic) bond motifs is 1. The van der Waals surface area contributed by atoms with E-state index in [1.54, 1.807) is 0 Å². The van der Waals surface area contributed by atoms with Crippen molar-refractivity contribution in [1.82, 2.24) is 9.80 Å². The number of halogens is 1. The molecule has 0 radical (unpaired) electrons. The van der Waals surface area contributed by atoms with Gasteiger partial charge >= 0.3 is 0 Å². The zero-order valence-corrected chi connectivity index (χ0v) is 22.4. The number of aliphatic hydroxyl groups is 1. The van der Waals surface area contributed by atoms with Gasteiger partial charge in [0.05, 0.1) is 6.61 Å². The van der Waals surface area contributed by atoms with Gasteiger partial charge in [-0.05, 0) is 54.3 Å². The smallest absolute Gasteiger partial charge is 0.288 e. The molecule has 198 valence electrons. The number of hydrogen-bond donors (Lipinski definition) is 1. The number of unbranched alkanes of at least 4 members (excludes halogenated alkanes) is 1. The van der Waals surface area contributed by atoms with E-state index in [9.17, 15) is 4.79 Å². The van der Waals surface area contributed by atoms with Gasteiger partial charge in [-0.1, -0.05) is 34.1 Å². The highest BCUT2D eigenvalue weighted by Gasteiger charge is 2.32. The summed E-state index contributed by atoms with van der Waals surface area (Å²) in [6.45, 7) is 4.53. The van der Waals surface area contributed by atoms with E-state index in [1.165, 1.54) is 5.56 Å². The molecule has 0 spiro atoms. The van der Waals surface area contributed by atoms with Crippen LogP contribution in [0.4, 0.5) is 0 Å². The summed E-state index contributed by atoms with van der Waals surface area (Å²) in [5, 5.41) is 9.05. The Balaban J connectivity index is 1.21. The number of benzene rings is 2. The van der Waals surface area contributed by atoms with Gasteiger partial charge in [-0.3, -0.25) is 9.69 Å². The van der Waals surface area contributed by atoms with E-state index in [-0.39, 0.29) is 25.2 Å². The van der Waals surface area contributed by atoms with Gasteiger partial charge in [0.1, 0.15) is 0 Å². The van der Waals surface area contributed by atoms with Gasteiger partial charge in [0.2, 0.25) is 13.1 Å². The quantitative estimate of drug-likeness (QED) is 0.454. The Kier molecular flexibility index (Phi) is 8.66. The maximum Gasteiger partial charge on any atom is 0.288 e. The van der Waals surface area contributed by atoms with Crippen LogP contribution in [-0.4, -0.2) is 73.3 Å². The van der Waals surface area contributed by atoms with Crippen LogP contribution in [0.2, 0.25) is 0 Å². The van der Waals surface area contributed by atoms with Gasteiger partial charge in [0.25, 0.3) is 5.91 Å². The van der Waals surface area contributed by atoms with E-state index in [1.807, 2.05) is 35.2 Å². The number of ether oxygens (including phenoxy) is 4. The van der Waals surface area contributed by atoms with Crippen molar-refractivity contribution >= 4 is 21.8 Å². The molecule has 2 aromatic carbocycles. The molecule has 5 rings (SSSR count). The Morgan fingerprint density at radius 3 is 2.59 bits per heavy atom. The third-order valence-electron chi connectivity index (χ3n) is 6.93. The summed E-state index contributed by atoms with van der Waals surface area (Å²) in [5.74, 6) is 1.87. The molecule has 1 amide bonds. The van der Waals surface area contributed by atoms with E-state index in [4.69, 9.17) is 24.1 Å². The highest BCUT2D eigenvalue weighted by atomic mass is 79.9. The summed E-state index contributed by atoms with van der Waals surface area (Å²) >= 11 is 3.49. The molecule has 1 N–H and O–H groups in total. The minimum atomic E-state index is -0.497. The molecule has 3 aliphatic rings. The number of aliphatic hydroxyl groups excluding tert-OH is 1. The number of carbonyl (C=O) groups excluding carboxylic acids is 1. The second-order valence-corrected chi connectivity index (χ2v) is 10.4. The Hall–Kier alpha value is -2.59. The Morgan fingerprint density at radius 2 is 1.81 bits per heavy atom. The molecule has 1 fully saturated rings. The van der Waals surface area contributed by atoms with Gasteiger partial charge in [-0.25, -0.2) is 0 Å². The third kappa shape index (κ3) is 6.65. The molecule has 1 saturated heterocycles. The van der Waals surface area contributed by atoms with Crippen molar-refractivity contribution in [1.29, 1.82) is 0 Å². The van der Waals surface area contributed by atoms with Crippen molar-refractivity contribution in [3.63, 3.8) is 0 Å². The molecule has 2 aromatic rings. The average molecular weight is 573 g/mol. The molecular weight excluding hydrogens is 540 g/mol. The maximum atomic E-state index is 13.5. The lowest BCUT2D eigenvalue weighted by Gasteiger charge is -2.36.